The van der Waals surface area contributed by atoms with Crippen LogP contribution in [0.25, 0.3) is 0 Å². The van der Waals surface area contributed by atoms with E-state index < -0.39 is 0 Å². The Bertz CT molecular complexity index is 492. The fraction of sp³-hybridized carbons (Fsp3) is 0.562. The number of hydrogen-bond donors (Lipinski definition) is 2. The second kappa shape index (κ2) is 7.66. The predicted octanol–water partition coefficient (Wildman–Crippen LogP) is 2.55. The first-order valence-corrected chi connectivity index (χ1v) is 8.03. The van der Waals surface area contributed by atoms with E-state index in [9.17, 15) is 4.79 Å². The lowest BCUT2D eigenvalue weighted by molar-refractivity contribution is -0.122. The van der Waals surface area contributed by atoms with Gasteiger partial charge in [-0.2, -0.15) is 0 Å². The van der Waals surface area contributed by atoms with E-state index in [4.69, 9.17) is 11.6 Å². The molecule has 116 valence electrons. The first-order valence-electron chi connectivity index (χ1n) is 7.65. The van der Waals surface area contributed by atoms with Crippen molar-refractivity contribution in [2.45, 2.75) is 38.8 Å². The molecule has 2 N–H and O–H groups in total. The zero-order valence-corrected chi connectivity index (χ0v) is 13.5. The fourth-order valence-electron chi connectivity index (χ4n) is 2.90. The molecule has 0 spiro atoms. The summed E-state index contributed by atoms with van der Waals surface area (Å²) in [7, 11) is 1.70. The average molecular weight is 310 g/mol. The van der Waals surface area contributed by atoms with E-state index >= 15 is 0 Å². The summed E-state index contributed by atoms with van der Waals surface area (Å²) in [6, 6.07) is 5.85. The molecule has 1 fully saturated rings. The van der Waals surface area contributed by atoms with Gasteiger partial charge in [-0.05, 0) is 37.9 Å². The molecule has 1 saturated heterocycles. The Hall–Kier alpha value is -1.26. The van der Waals surface area contributed by atoms with Crippen molar-refractivity contribution in [3.05, 3.63) is 28.8 Å². The molecule has 1 atom stereocenters. The first kappa shape index (κ1) is 16.1. The van der Waals surface area contributed by atoms with Crippen molar-refractivity contribution < 1.29 is 4.79 Å². The van der Waals surface area contributed by atoms with E-state index in [0.717, 1.165) is 55.2 Å². The highest BCUT2D eigenvalue weighted by molar-refractivity contribution is 6.31. The second-order valence-corrected chi connectivity index (χ2v) is 5.74. The third kappa shape index (κ3) is 3.69. The summed E-state index contributed by atoms with van der Waals surface area (Å²) < 4.78 is 0. The van der Waals surface area contributed by atoms with E-state index in [1.165, 1.54) is 0 Å². The third-order valence-corrected chi connectivity index (χ3v) is 4.36. The average Bonchev–Trinajstić information content (AvgIpc) is 2.53. The molecule has 1 aromatic rings. The fourth-order valence-corrected chi connectivity index (χ4v) is 3.14. The molecular weight excluding hydrogens is 286 g/mol. The highest BCUT2D eigenvalue weighted by atomic mass is 35.5. The molecule has 1 aliphatic heterocycles. The van der Waals surface area contributed by atoms with Gasteiger partial charge in [-0.3, -0.25) is 4.79 Å². The number of carbonyl (C=O) groups is 1. The molecule has 0 aliphatic carbocycles. The van der Waals surface area contributed by atoms with Crippen LogP contribution in [0.3, 0.4) is 0 Å². The number of hydrogen-bond acceptors (Lipinski definition) is 3. The maximum atomic E-state index is 12.2. The molecule has 0 radical (unpaired) electrons. The zero-order chi connectivity index (χ0) is 15.2. The van der Waals surface area contributed by atoms with Crippen LogP contribution in [-0.4, -0.2) is 32.1 Å². The van der Waals surface area contributed by atoms with Gasteiger partial charge in [0.25, 0.3) is 0 Å². The number of carbonyl (C=O) groups excluding carboxylic acids is 1. The van der Waals surface area contributed by atoms with Crippen LogP contribution in [0, 0.1) is 0 Å². The molecule has 1 aromatic carbocycles. The minimum absolute atomic E-state index is 0.0871. The van der Waals surface area contributed by atoms with Crippen molar-refractivity contribution in [3.8, 4) is 0 Å². The van der Waals surface area contributed by atoms with Crippen LogP contribution >= 0.6 is 11.6 Å². The summed E-state index contributed by atoms with van der Waals surface area (Å²) in [6.07, 6.45) is 3.10. The Morgan fingerprint density at radius 1 is 1.43 bits per heavy atom. The number of amides is 1. The lowest BCUT2D eigenvalue weighted by Crippen LogP contribution is -2.49. The standard InChI is InChI=1S/C16H24ClN3O/c1-3-19-11-12-13(17)7-6-9-14(12)20-10-5-4-8-15(20)16(21)18-2/h6-7,9,15,19H,3-5,8,10-11H2,1-2H3,(H,18,21). The molecule has 1 amide bonds. The van der Waals surface area contributed by atoms with Gasteiger partial charge in [0.2, 0.25) is 5.91 Å². The molecule has 0 saturated carbocycles. The van der Waals surface area contributed by atoms with Crippen LogP contribution in [0.15, 0.2) is 18.2 Å². The van der Waals surface area contributed by atoms with Crippen LogP contribution in [0.4, 0.5) is 5.69 Å². The molecule has 21 heavy (non-hydrogen) atoms. The lowest BCUT2D eigenvalue weighted by Gasteiger charge is -2.37. The predicted molar refractivity (Wildman–Crippen MR) is 87.9 cm³/mol. The maximum Gasteiger partial charge on any atom is 0.242 e. The van der Waals surface area contributed by atoms with Gasteiger partial charge in [0.1, 0.15) is 6.04 Å². The van der Waals surface area contributed by atoms with Gasteiger partial charge in [0.05, 0.1) is 0 Å². The Labute approximate surface area is 131 Å². The van der Waals surface area contributed by atoms with E-state index in [2.05, 4.69) is 28.5 Å². The normalized spacial score (nSPS) is 18.6. The second-order valence-electron chi connectivity index (χ2n) is 5.34. The monoisotopic (exact) mass is 309 g/mol. The topological polar surface area (TPSA) is 44.4 Å². The van der Waals surface area contributed by atoms with Crippen LogP contribution in [0.2, 0.25) is 5.02 Å². The van der Waals surface area contributed by atoms with E-state index in [-0.39, 0.29) is 11.9 Å². The summed E-state index contributed by atoms with van der Waals surface area (Å²) >= 11 is 6.38. The van der Waals surface area contributed by atoms with Crippen LogP contribution in [-0.2, 0) is 11.3 Å². The first-order chi connectivity index (χ1) is 10.2. The number of likely N-dealkylation sites (N-methyl/N-ethyl adjacent to an activating group) is 1. The molecule has 0 bridgehead atoms. The minimum Gasteiger partial charge on any atom is -0.359 e. The summed E-state index contributed by atoms with van der Waals surface area (Å²) in [5.41, 5.74) is 2.16. The van der Waals surface area contributed by atoms with Crippen LogP contribution in [0.1, 0.15) is 31.7 Å². The van der Waals surface area contributed by atoms with Gasteiger partial charge in [0, 0.05) is 36.4 Å². The lowest BCUT2D eigenvalue weighted by atomic mass is 9.99. The summed E-state index contributed by atoms with van der Waals surface area (Å²) in [6.45, 7) is 4.59. The molecule has 2 rings (SSSR count). The van der Waals surface area contributed by atoms with Gasteiger partial charge in [-0.15, -0.1) is 0 Å². The van der Waals surface area contributed by atoms with Crippen molar-refractivity contribution in [1.82, 2.24) is 10.6 Å². The highest BCUT2D eigenvalue weighted by Crippen LogP contribution is 2.32. The SMILES string of the molecule is CCNCc1c(Cl)cccc1N1CCCCC1C(=O)NC. The van der Waals surface area contributed by atoms with E-state index in [1.54, 1.807) is 7.05 Å². The highest BCUT2D eigenvalue weighted by Gasteiger charge is 2.29. The van der Waals surface area contributed by atoms with Crippen molar-refractivity contribution in [3.63, 3.8) is 0 Å². The van der Waals surface area contributed by atoms with Gasteiger partial charge in [-0.25, -0.2) is 0 Å². The van der Waals surface area contributed by atoms with Gasteiger partial charge < -0.3 is 15.5 Å². The van der Waals surface area contributed by atoms with Gasteiger partial charge >= 0.3 is 0 Å². The number of nitrogens with zero attached hydrogens (tertiary/aromatic N) is 1. The number of piperidine rings is 1. The van der Waals surface area contributed by atoms with Gasteiger partial charge in [-0.1, -0.05) is 24.6 Å². The Morgan fingerprint density at radius 3 is 2.95 bits per heavy atom. The number of nitrogens with one attached hydrogen (secondary N) is 2. The third-order valence-electron chi connectivity index (χ3n) is 4.01. The summed E-state index contributed by atoms with van der Waals surface area (Å²) in [5, 5.41) is 6.87. The number of halogens is 1. The molecule has 1 aliphatic rings. The quantitative estimate of drug-likeness (QED) is 0.878. The van der Waals surface area contributed by atoms with Crippen molar-refractivity contribution in [2.75, 3.05) is 25.0 Å². The zero-order valence-electron chi connectivity index (χ0n) is 12.8. The van der Waals surface area contributed by atoms with Crippen LogP contribution in [0.5, 0.6) is 0 Å². The molecule has 4 nitrogen and oxygen atoms in total. The Balaban J connectivity index is 2.33. The minimum atomic E-state index is -0.0948. The van der Waals surface area contributed by atoms with E-state index in [0.29, 0.717) is 0 Å². The number of benzene rings is 1. The molecule has 5 heteroatoms. The molecule has 0 aromatic heterocycles. The molecular formula is C16H24ClN3O. The smallest absolute Gasteiger partial charge is 0.242 e. The molecule has 1 heterocycles. The summed E-state index contributed by atoms with van der Waals surface area (Å²) in [4.78, 5) is 14.4. The van der Waals surface area contributed by atoms with Crippen molar-refractivity contribution in [2.24, 2.45) is 0 Å². The van der Waals surface area contributed by atoms with Crippen LogP contribution < -0.4 is 15.5 Å². The van der Waals surface area contributed by atoms with Crippen molar-refractivity contribution in [1.29, 1.82) is 0 Å². The Morgan fingerprint density at radius 2 is 2.24 bits per heavy atom. The summed E-state index contributed by atoms with van der Waals surface area (Å²) in [5.74, 6) is 0.0871. The Kier molecular flexibility index (Phi) is 5.88. The van der Waals surface area contributed by atoms with Crippen molar-refractivity contribution >= 4 is 23.2 Å². The number of anilines is 1. The maximum absolute atomic E-state index is 12.2. The van der Waals surface area contributed by atoms with E-state index in [1.807, 2.05) is 12.1 Å². The molecule has 1 unspecified atom stereocenters. The largest absolute Gasteiger partial charge is 0.359 e. The number of rotatable bonds is 5. The van der Waals surface area contributed by atoms with Gasteiger partial charge in [0.15, 0.2) is 0 Å².